The Labute approximate surface area is 272 Å². The van der Waals surface area contributed by atoms with E-state index < -0.39 is 46.1 Å². The number of nitrogens with zero attached hydrogens (tertiary/aromatic N) is 2. The third-order valence-corrected chi connectivity index (χ3v) is 6.76. The number of aromatic carboxylic acids is 4. The molecule has 12 nitrogen and oxygen atoms in total. The third-order valence-electron chi connectivity index (χ3n) is 6.76. The second-order valence-corrected chi connectivity index (χ2v) is 9.20. The first-order valence-electron chi connectivity index (χ1n) is 12.2. The van der Waals surface area contributed by atoms with E-state index in [4.69, 9.17) is 0 Å². The van der Waals surface area contributed by atoms with E-state index in [0.717, 1.165) is 6.07 Å². The van der Waals surface area contributed by atoms with Crippen molar-refractivity contribution in [1.29, 1.82) is 0 Å². The van der Waals surface area contributed by atoms with Crippen molar-refractivity contribution in [2.45, 2.75) is 0 Å². The SMILES string of the molecule is O=C([O-])c1c2nc(c(-c3ccccc3)c3cc(C(=O)[O-])c([nH]3)c(C(=O)[O-])c3nc(c(C(=O)[O-])c4ccc1[nH]4)C=C3)C=C2.[Zn+2].[Zn+2]. The van der Waals surface area contributed by atoms with Gasteiger partial charge in [-0.15, -0.1) is 0 Å². The number of carbonyl (C=O) groups is 4. The molecule has 0 saturated heterocycles. The summed E-state index contributed by atoms with van der Waals surface area (Å²) in [5.74, 6) is -6.81. The molecule has 8 bridgehead atoms. The number of carboxylic acids is 4. The molecule has 0 amide bonds. The van der Waals surface area contributed by atoms with Gasteiger partial charge in [0.1, 0.15) is 0 Å². The van der Waals surface area contributed by atoms with Crippen LogP contribution in [0.1, 0.15) is 64.2 Å². The van der Waals surface area contributed by atoms with E-state index in [9.17, 15) is 39.6 Å². The van der Waals surface area contributed by atoms with Gasteiger partial charge >= 0.3 is 39.0 Å². The van der Waals surface area contributed by atoms with E-state index in [1.807, 2.05) is 0 Å². The van der Waals surface area contributed by atoms with Crippen LogP contribution in [-0.4, -0.2) is 43.8 Å². The average molecular weight is 689 g/mol. The van der Waals surface area contributed by atoms with Crippen molar-refractivity contribution in [2.75, 3.05) is 0 Å². The van der Waals surface area contributed by atoms with Crippen LogP contribution in [0, 0.1) is 0 Å². The first-order valence-corrected chi connectivity index (χ1v) is 12.2. The Balaban J connectivity index is 0.00000221. The summed E-state index contributed by atoms with van der Waals surface area (Å²) >= 11 is 0. The number of hydrogen-bond acceptors (Lipinski definition) is 10. The second kappa shape index (κ2) is 12.3. The summed E-state index contributed by atoms with van der Waals surface area (Å²) in [7, 11) is 0. The normalized spacial score (nSPS) is 11.4. The molecule has 2 aliphatic rings. The molecule has 2 N–H and O–H groups in total. The molecule has 0 spiro atoms. The minimum absolute atomic E-state index is 0. The zero-order chi connectivity index (χ0) is 29.7. The number of nitrogens with one attached hydrogen (secondary N) is 2. The van der Waals surface area contributed by atoms with Gasteiger partial charge < -0.3 is 49.6 Å². The largest absolute Gasteiger partial charge is 2.00 e. The van der Waals surface area contributed by atoms with Crippen LogP contribution in [0.4, 0.5) is 0 Å². The van der Waals surface area contributed by atoms with Crippen LogP contribution in [0.25, 0.3) is 57.5 Å². The van der Waals surface area contributed by atoms with Gasteiger partial charge in [0.15, 0.2) is 0 Å². The van der Waals surface area contributed by atoms with Crippen molar-refractivity contribution in [3.05, 3.63) is 93.6 Å². The summed E-state index contributed by atoms with van der Waals surface area (Å²) in [6.45, 7) is 0. The Morgan fingerprint density at radius 1 is 0.545 bits per heavy atom. The second-order valence-electron chi connectivity index (χ2n) is 9.20. The van der Waals surface area contributed by atoms with Crippen LogP contribution in [0.2, 0.25) is 0 Å². The third kappa shape index (κ3) is 5.41. The maximum absolute atomic E-state index is 12.4. The predicted octanol–water partition coefficient (Wildman–Crippen LogP) is -0.228. The van der Waals surface area contributed by atoms with E-state index in [1.54, 1.807) is 30.3 Å². The quantitative estimate of drug-likeness (QED) is 0.227. The Hall–Kier alpha value is -5.05. The fourth-order valence-electron chi connectivity index (χ4n) is 5.00. The van der Waals surface area contributed by atoms with Crippen LogP contribution >= 0.6 is 0 Å². The van der Waals surface area contributed by atoms with Crippen molar-refractivity contribution >= 4 is 70.2 Å². The number of rotatable bonds is 5. The van der Waals surface area contributed by atoms with Crippen molar-refractivity contribution in [3.8, 4) is 11.1 Å². The number of carbonyl (C=O) groups excluding carboxylic acids is 4. The number of aromatic amines is 2. The minimum atomic E-state index is -1.79. The molecule has 206 valence electrons. The van der Waals surface area contributed by atoms with E-state index >= 15 is 0 Å². The molecule has 0 saturated carbocycles. The summed E-state index contributed by atoms with van der Waals surface area (Å²) in [6.07, 6.45) is 5.27. The molecule has 0 unspecified atom stereocenters. The molecule has 4 aromatic rings. The first-order chi connectivity index (χ1) is 20.1. The van der Waals surface area contributed by atoms with Crippen LogP contribution in [0.15, 0.2) is 48.5 Å². The molecule has 0 aliphatic carbocycles. The fraction of sp³-hybridized carbons (Fsp3) is 0. The Bertz CT molecular complexity index is 2110. The van der Waals surface area contributed by atoms with Gasteiger partial charge in [-0.05, 0) is 48.1 Å². The van der Waals surface area contributed by atoms with E-state index in [2.05, 4.69) is 19.9 Å². The number of benzene rings is 1. The van der Waals surface area contributed by atoms with Crippen molar-refractivity contribution in [3.63, 3.8) is 0 Å². The molecule has 3 aromatic heterocycles. The van der Waals surface area contributed by atoms with E-state index in [0.29, 0.717) is 11.1 Å². The smallest absolute Gasteiger partial charge is 0.545 e. The average Bonchev–Trinajstić information content (AvgIpc) is 3.74. The fourth-order valence-corrected chi connectivity index (χ4v) is 5.00. The van der Waals surface area contributed by atoms with Crippen LogP contribution in [0.5, 0.6) is 0 Å². The number of H-pyrrole nitrogens is 2. The molecule has 6 rings (SSSR count). The number of aromatic nitrogens is 4. The van der Waals surface area contributed by atoms with Crippen molar-refractivity contribution in [1.82, 2.24) is 19.9 Å². The molecular formula is C30H14N4O8Zn2. The predicted molar refractivity (Wildman–Crippen MR) is 142 cm³/mol. The van der Waals surface area contributed by atoms with Gasteiger partial charge in [-0.1, -0.05) is 30.3 Å². The van der Waals surface area contributed by atoms with Gasteiger partial charge in [-0.25, -0.2) is 9.97 Å². The first kappa shape index (κ1) is 31.9. The summed E-state index contributed by atoms with van der Waals surface area (Å²) in [5, 5.41) is 49.1. The van der Waals surface area contributed by atoms with Gasteiger partial charge in [0.2, 0.25) is 0 Å². The van der Waals surface area contributed by atoms with Gasteiger partial charge in [0, 0.05) is 44.4 Å². The van der Waals surface area contributed by atoms with Crippen LogP contribution in [-0.2, 0) is 39.0 Å². The standard InChI is InChI=1S/C30H18N4O8.2Zn/c35-27(36)14-12-21-22(13-4-2-1-3-5-13)15-6-7-16(31-15)23(28(37)38)17-8-9-18(32-17)24(29(39)40)19-10-11-20(33-19)25(30(41)42)26(14)34-21;;/h1-12,32,34H,(H,35,36)(H,37,38)(H,39,40)(H,41,42);;/q;2*+2/p-4. The molecular weight excluding hydrogens is 675 g/mol. The molecule has 1 aromatic carbocycles. The molecule has 5 heterocycles. The van der Waals surface area contributed by atoms with Gasteiger partial charge in [-0.2, -0.15) is 0 Å². The number of hydrogen-bond donors (Lipinski definition) is 2. The van der Waals surface area contributed by atoms with Gasteiger partial charge in [-0.3, -0.25) is 0 Å². The maximum Gasteiger partial charge on any atom is 2.00 e. The Morgan fingerprint density at radius 3 is 1.52 bits per heavy atom. The summed E-state index contributed by atoms with van der Waals surface area (Å²) < 4.78 is 0. The molecule has 14 heteroatoms. The van der Waals surface area contributed by atoms with Crippen molar-refractivity contribution in [2.24, 2.45) is 0 Å². The van der Waals surface area contributed by atoms with Crippen molar-refractivity contribution < 1.29 is 78.6 Å². The molecule has 0 fully saturated rings. The number of fused-ring (bicyclic) bond motifs is 8. The topological polar surface area (TPSA) is 218 Å². The molecule has 0 atom stereocenters. The maximum atomic E-state index is 12.4. The van der Waals surface area contributed by atoms with Crippen LogP contribution < -0.4 is 20.4 Å². The van der Waals surface area contributed by atoms with Gasteiger partial charge in [0.25, 0.3) is 0 Å². The molecule has 0 radical (unpaired) electrons. The monoisotopic (exact) mass is 686 g/mol. The summed E-state index contributed by atoms with van der Waals surface area (Å²) in [4.78, 5) is 63.2. The molecule has 44 heavy (non-hydrogen) atoms. The number of carboxylic acid groups (broad SMARTS) is 4. The zero-order valence-corrected chi connectivity index (χ0v) is 28.4. The Kier molecular flexibility index (Phi) is 8.90. The minimum Gasteiger partial charge on any atom is -0.545 e. The zero-order valence-electron chi connectivity index (χ0n) is 22.5. The summed E-state index contributed by atoms with van der Waals surface area (Å²) in [6, 6.07) is 12.4. The molecule has 2 aliphatic heterocycles. The van der Waals surface area contributed by atoms with E-state index in [1.165, 1.54) is 36.4 Å². The van der Waals surface area contributed by atoms with Gasteiger partial charge in [0.05, 0.1) is 52.2 Å². The Morgan fingerprint density at radius 2 is 1.02 bits per heavy atom. The van der Waals surface area contributed by atoms with Crippen LogP contribution in [0.3, 0.4) is 0 Å². The summed E-state index contributed by atoms with van der Waals surface area (Å²) in [5.41, 5.74) is -2.09. The van der Waals surface area contributed by atoms with E-state index in [-0.39, 0.29) is 83.8 Å².